The number of carbonyl (C=O) groups is 8. The monoisotopic (exact) mass is 990 g/mol. The van der Waals surface area contributed by atoms with Crippen LogP contribution in [0.3, 0.4) is 0 Å². The largest absolute Gasteiger partial charge is 0.434 e. The molecule has 6 aliphatic heterocycles. The third kappa shape index (κ3) is 10.8. The van der Waals surface area contributed by atoms with E-state index in [4.69, 9.17) is 14.2 Å². The molecule has 6 aliphatic rings. The molecule has 2 aromatic carbocycles. The van der Waals surface area contributed by atoms with E-state index in [1.807, 2.05) is 60.7 Å². The number of nitrogens with zero attached hydrogens (tertiary/aromatic N) is 4. The summed E-state index contributed by atoms with van der Waals surface area (Å²) in [6.45, 7) is 0.436. The van der Waals surface area contributed by atoms with Crippen LogP contribution in [0.4, 0.5) is 0 Å². The number of morpholine rings is 2. The van der Waals surface area contributed by atoms with Crippen LogP contribution in [0.25, 0.3) is 21.5 Å². The lowest BCUT2D eigenvalue weighted by Crippen LogP contribution is -2.65. The molecule has 10 rings (SSSR count). The van der Waals surface area contributed by atoms with Gasteiger partial charge in [-0.15, -0.1) is 0 Å². The third-order valence-electron chi connectivity index (χ3n) is 13.6. The number of ether oxygens (including phenoxy) is 4. The molecule has 0 spiro atoms. The quantitative estimate of drug-likeness (QED) is 0.102. The molecule has 22 heteroatoms. The van der Waals surface area contributed by atoms with Gasteiger partial charge in [0.15, 0.2) is 0 Å². The summed E-state index contributed by atoms with van der Waals surface area (Å²) in [4.78, 5) is 115. The Morgan fingerprint density at radius 2 is 1.03 bits per heavy atom. The van der Waals surface area contributed by atoms with Crippen LogP contribution < -0.4 is 21.3 Å². The molecule has 5 fully saturated rings. The zero-order valence-electron chi connectivity index (χ0n) is 38.9. The maximum atomic E-state index is 13.8. The summed E-state index contributed by atoms with van der Waals surface area (Å²) >= 11 is 0. The Balaban J connectivity index is 0.000000178. The van der Waals surface area contributed by atoms with E-state index in [-0.39, 0.29) is 69.0 Å². The molecule has 0 saturated carbocycles. The number of esters is 2. The topological polar surface area (TPSA) is 294 Å². The van der Waals surface area contributed by atoms with Gasteiger partial charge in [-0.2, -0.15) is 0 Å². The van der Waals surface area contributed by atoms with Gasteiger partial charge in [0.25, 0.3) is 11.8 Å². The molecule has 0 radical (unpaired) electrons. The zero-order chi connectivity index (χ0) is 50.5. The van der Waals surface area contributed by atoms with Crippen molar-refractivity contribution in [2.45, 2.75) is 112 Å². The lowest BCUT2D eigenvalue weighted by Gasteiger charge is -2.44. The van der Waals surface area contributed by atoms with Gasteiger partial charge in [0, 0.05) is 23.2 Å². The van der Waals surface area contributed by atoms with E-state index in [0.29, 0.717) is 30.0 Å². The number of nitrogens with one attached hydrogen (secondary N) is 4. The summed E-state index contributed by atoms with van der Waals surface area (Å²) in [6.07, 6.45) is 6.96. The number of benzene rings is 2. The smallest absolute Gasteiger partial charge is 0.310 e. The molecule has 8 heterocycles. The molecule has 22 nitrogen and oxygen atoms in total. The number of fused-ring (bicyclic) bond motifs is 4. The number of aliphatic hydroxyl groups is 2. The highest BCUT2D eigenvalue weighted by molar-refractivity contribution is 6.08. The number of hydrogen-bond acceptors (Lipinski definition) is 16. The van der Waals surface area contributed by atoms with Crippen molar-refractivity contribution in [3.05, 3.63) is 96.6 Å². The molecule has 378 valence electrons. The molecule has 10 atom stereocenters. The van der Waals surface area contributed by atoms with Crippen molar-refractivity contribution in [3.8, 4) is 0 Å². The van der Waals surface area contributed by atoms with Crippen LogP contribution in [0.2, 0.25) is 0 Å². The first kappa shape index (κ1) is 49.6. The minimum absolute atomic E-state index is 0.0305. The Morgan fingerprint density at radius 3 is 1.57 bits per heavy atom. The first-order valence-corrected chi connectivity index (χ1v) is 23.9. The van der Waals surface area contributed by atoms with E-state index in [0.717, 1.165) is 23.6 Å². The maximum Gasteiger partial charge on any atom is 0.310 e. The van der Waals surface area contributed by atoms with Crippen LogP contribution in [-0.4, -0.2) is 165 Å². The highest BCUT2D eigenvalue weighted by atomic mass is 16.6. The SMILES string of the molecule is O=C1C[C@H](NC(=O)[C@@H]2COC[C@@H]3C/C=C\C[C@H](NC(=O)c4nccc5ccccc45)C(=O)N32)C(O)O1.O=C1C[C@H](NC(=O)[C@@H]2COC[C@@H]3CCCC[C@H](NC(=O)c4nccc5ccccc45)C(=O)N32)C(O)O1. The molecule has 0 bridgehead atoms. The highest BCUT2D eigenvalue weighted by Gasteiger charge is 2.46. The standard InChI is InChI=1S/C25H28N4O7.C25H26N4O7/c2*30-20-11-18(25(34)36-20)28-22(31)19-13-35-12-15-6-2-4-8-17(24(33)29(15)19)27-23(32)21-16-7-3-1-5-14(16)9-10-26-21/h1,3,5,7,9-10,15,17-19,25,34H,2,4,6,8,11-13H2,(H,27,32)(H,28,31);1-5,7,9-10,15,17-19,25,34H,6,8,11-13H2,(H,27,32)(H,28,31)/b;4-2-/t2*15-,17-,18-,19-,25?/m00/s1. The van der Waals surface area contributed by atoms with Crippen molar-refractivity contribution in [1.29, 1.82) is 0 Å². The first-order valence-electron chi connectivity index (χ1n) is 23.9. The third-order valence-corrected chi connectivity index (χ3v) is 13.6. The van der Waals surface area contributed by atoms with Crippen molar-refractivity contribution < 1.29 is 67.5 Å². The Kier molecular flexibility index (Phi) is 15.1. The van der Waals surface area contributed by atoms with Gasteiger partial charge in [-0.3, -0.25) is 48.3 Å². The molecular formula is C50H54N8O14. The minimum atomic E-state index is -1.45. The predicted molar refractivity (Wildman–Crippen MR) is 251 cm³/mol. The number of hydrogen-bond donors (Lipinski definition) is 6. The molecular weight excluding hydrogens is 937 g/mol. The van der Waals surface area contributed by atoms with Crippen molar-refractivity contribution in [1.82, 2.24) is 41.0 Å². The van der Waals surface area contributed by atoms with Crippen LogP contribution in [0.1, 0.15) is 72.3 Å². The van der Waals surface area contributed by atoms with E-state index < -0.39 is 96.3 Å². The van der Waals surface area contributed by atoms with E-state index in [1.165, 1.54) is 9.80 Å². The number of cyclic esters (lactones) is 2. The van der Waals surface area contributed by atoms with E-state index >= 15 is 0 Å². The van der Waals surface area contributed by atoms with Crippen LogP contribution in [-0.2, 0) is 47.7 Å². The van der Waals surface area contributed by atoms with Gasteiger partial charge in [0.2, 0.25) is 36.2 Å². The number of rotatable bonds is 8. The van der Waals surface area contributed by atoms with Crippen molar-refractivity contribution in [2.75, 3.05) is 26.4 Å². The molecule has 4 aromatic rings. The van der Waals surface area contributed by atoms with Gasteiger partial charge < -0.3 is 60.2 Å². The highest BCUT2D eigenvalue weighted by Crippen LogP contribution is 2.27. The minimum Gasteiger partial charge on any atom is -0.434 e. The Bertz CT molecular complexity index is 2780. The van der Waals surface area contributed by atoms with Crippen molar-refractivity contribution >= 4 is 68.9 Å². The molecule has 72 heavy (non-hydrogen) atoms. The van der Waals surface area contributed by atoms with Crippen molar-refractivity contribution in [3.63, 3.8) is 0 Å². The lowest BCUT2D eigenvalue weighted by molar-refractivity contribution is -0.160. The van der Waals surface area contributed by atoms with Crippen LogP contribution in [0.15, 0.2) is 85.2 Å². The van der Waals surface area contributed by atoms with Gasteiger partial charge in [-0.05, 0) is 48.6 Å². The van der Waals surface area contributed by atoms with Crippen molar-refractivity contribution in [2.24, 2.45) is 0 Å². The maximum absolute atomic E-state index is 13.8. The average molecular weight is 991 g/mol. The summed E-state index contributed by atoms with van der Waals surface area (Å²) in [5.74, 6) is -4.08. The zero-order valence-corrected chi connectivity index (χ0v) is 38.9. The number of pyridine rings is 2. The predicted octanol–water partition coefficient (Wildman–Crippen LogP) is 0.283. The fourth-order valence-electron chi connectivity index (χ4n) is 9.94. The fourth-order valence-corrected chi connectivity index (χ4v) is 9.94. The van der Waals surface area contributed by atoms with E-state index in [9.17, 15) is 48.6 Å². The van der Waals surface area contributed by atoms with E-state index in [2.05, 4.69) is 36.0 Å². The van der Waals surface area contributed by atoms with Crippen LogP contribution >= 0.6 is 0 Å². The summed E-state index contributed by atoms with van der Waals surface area (Å²) in [5.41, 5.74) is 0.440. The fraction of sp³-hybridized carbons (Fsp3) is 0.440. The molecule has 6 N–H and O–H groups in total. The van der Waals surface area contributed by atoms with Gasteiger partial charge in [-0.25, -0.2) is 0 Å². The number of aromatic nitrogens is 2. The summed E-state index contributed by atoms with van der Waals surface area (Å²) in [6, 6.07) is 12.1. The van der Waals surface area contributed by atoms with Gasteiger partial charge >= 0.3 is 11.9 Å². The Hall–Kier alpha value is -7.40. The van der Waals surface area contributed by atoms with Crippen LogP contribution in [0.5, 0.6) is 0 Å². The lowest BCUT2D eigenvalue weighted by atomic mass is 9.95. The number of carbonyl (C=O) groups excluding carboxylic acids is 8. The second-order valence-corrected chi connectivity index (χ2v) is 18.3. The van der Waals surface area contributed by atoms with Gasteiger partial charge in [0.1, 0.15) is 47.6 Å². The second-order valence-electron chi connectivity index (χ2n) is 18.3. The summed E-state index contributed by atoms with van der Waals surface area (Å²) in [7, 11) is 0. The summed E-state index contributed by atoms with van der Waals surface area (Å²) in [5, 5.41) is 33.7. The molecule has 5 saturated heterocycles. The second kappa shape index (κ2) is 21.9. The first-order chi connectivity index (χ1) is 34.8. The van der Waals surface area contributed by atoms with Gasteiger partial charge in [0.05, 0.1) is 51.4 Å². The number of aliphatic hydroxyl groups excluding tert-OH is 2. The average Bonchev–Trinajstić information content (AvgIpc) is 3.88. The number of amides is 6. The van der Waals surface area contributed by atoms with Gasteiger partial charge in [-0.1, -0.05) is 73.5 Å². The molecule has 2 unspecified atom stereocenters. The normalized spacial score (nSPS) is 28.8. The Labute approximate surface area is 411 Å². The van der Waals surface area contributed by atoms with Crippen LogP contribution in [0, 0.1) is 0 Å². The molecule has 2 aromatic heterocycles. The van der Waals surface area contributed by atoms with E-state index in [1.54, 1.807) is 24.5 Å². The molecule has 0 aliphatic carbocycles. The summed E-state index contributed by atoms with van der Waals surface area (Å²) < 4.78 is 20.7. The Morgan fingerprint density at radius 1 is 0.556 bits per heavy atom. The molecule has 6 amide bonds.